The molecule has 1 aliphatic heterocycles. The highest BCUT2D eigenvalue weighted by molar-refractivity contribution is 5.81. The first-order chi connectivity index (χ1) is 22.9. The van der Waals surface area contributed by atoms with E-state index in [0.29, 0.717) is 57.9 Å². The van der Waals surface area contributed by atoms with Gasteiger partial charge in [0.1, 0.15) is 12.2 Å². The summed E-state index contributed by atoms with van der Waals surface area (Å²) in [7, 11) is 0. The van der Waals surface area contributed by atoms with E-state index >= 15 is 0 Å². The van der Waals surface area contributed by atoms with E-state index in [0.717, 1.165) is 25.7 Å². The van der Waals surface area contributed by atoms with E-state index < -0.39 is 41.0 Å². The number of carbonyl (C=O) groups is 3. The molecule has 1 amide bonds. The average molecular weight is 688 g/mol. The number of hydrogen-bond donors (Lipinski definition) is 4. The van der Waals surface area contributed by atoms with Crippen molar-refractivity contribution in [3.63, 3.8) is 0 Å². The molecule has 10 heteroatoms. The van der Waals surface area contributed by atoms with E-state index in [4.69, 9.17) is 25.7 Å². The van der Waals surface area contributed by atoms with E-state index in [1.807, 2.05) is 0 Å². The van der Waals surface area contributed by atoms with Gasteiger partial charge < -0.3 is 36.1 Å². The topological polar surface area (TPSA) is 163 Å². The molecular formula is C39H65N3O7. The van der Waals surface area contributed by atoms with Gasteiger partial charge in [-0.3, -0.25) is 14.4 Å². The summed E-state index contributed by atoms with van der Waals surface area (Å²) in [4.78, 5) is 38.5. The first kappa shape index (κ1) is 38.2. The fourth-order valence-electron chi connectivity index (χ4n) is 12.2. The Balaban J connectivity index is 1.45. The molecule has 2 bridgehead atoms. The SMILES string of the molecule is CC(=O)O[C@@H]1C[C@@]23COC[C@@](C)([C@@H]2CC[C@H]2C3=CC[C@@]3(C)[C@H](C(=O)O)[C@@](C)([C@H](C)C(C)C)CC[C@]23C)[C@H]1OCCNC(=O)C(N)CCCN. The van der Waals surface area contributed by atoms with Crippen molar-refractivity contribution in [3.05, 3.63) is 11.6 Å². The zero-order chi connectivity index (χ0) is 36.2. The standard InChI is InChI=1S/C39H65N3O7/c1-23(2)24(3)35(5)15-16-37(7)26-11-12-30-36(6)21-47-22-39(30,27(26)13-14-38(37,8)31(35)34(45)46)20-29(49-25(4)43)32(36)48-19-18-42-33(44)28(41)10-9-17-40/h13,23-24,26,28-32H,9-12,14-22,40-41H2,1-8H3,(H,42,44)(H,45,46)/t24-,26+,28?,29-,30+,31-,32+,35-,36+,37-,38+,39+/m1/s1. The van der Waals surface area contributed by atoms with Crippen LogP contribution in [-0.2, 0) is 28.6 Å². The van der Waals surface area contributed by atoms with E-state index in [9.17, 15) is 19.5 Å². The number of carboxylic acids is 1. The summed E-state index contributed by atoms with van der Waals surface area (Å²) in [5.41, 5.74) is 11.3. The Morgan fingerprint density at radius 2 is 1.80 bits per heavy atom. The molecule has 0 aromatic rings. The minimum absolute atomic E-state index is 0.197. The van der Waals surface area contributed by atoms with Crippen LogP contribution < -0.4 is 16.8 Å². The highest BCUT2D eigenvalue weighted by Gasteiger charge is 2.72. The van der Waals surface area contributed by atoms with E-state index in [2.05, 4.69) is 59.9 Å². The number of rotatable bonds is 12. The Morgan fingerprint density at radius 1 is 1.08 bits per heavy atom. The summed E-state index contributed by atoms with van der Waals surface area (Å²) in [5, 5.41) is 13.9. The van der Waals surface area contributed by atoms with Crippen molar-refractivity contribution in [1.82, 2.24) is 5.32 Å². The maximum Gasteiger partial charge on any atom is 0.307 e. The second-order valence-electron chi connectivity index (χ2n) is 17.8. The van der Waals surface area contributed by atoms with Crippen molar-refractivity contribution in [1.29, 1.82) is 0 Å². The number of esters is 1. The van der Waals surface area contributed by atoms with Gasteiger partial charge in [0.05, 0.1) is 31.8 Å². The number of carboxylic acid groups (broad SMARTS) is 1. The monoisotopic (exact) mass is 687 g/mol. The average Bonchev–Trinajstić information content (AvgIpc) is 3.02. The van der Waals surface area contributed by atoms with Crippen molar-refractivity contribution < 1.29 is 33.7 Å². The zero-order valence-corrected chi connectivity index (χ0v) is 31.4. The molecule has 4 aliphatic carbocycles. The fraction of sp³-hybridized carbons (Fsp3) is 0.872. The van der Waals surface area contributed by atoms with Crippen LogP contribution in [0, 0.1) is 56.7 Å². The largest absolute Gasteiger partial charge is 0.481 e. The van der Waals surface area contributed by atoms with Gasteiger partial charge in [-0.1, -0.05) is 60.1 Å². The first-order valence-corrected chi connectivity index (χ1v) is 19.0. The minimum atomic E-state index is -0.665. The van der Waals surface area contributed by atoms with Gasteiger partial charge in [-0.2, -0.15) is 0 Å². The predicted molar refractivity (Wildman–Crippen MR) is 188 cm³/mol. The molecule has 0 radical (unpaired) electrons. The molecule has 10 nitrogen and oxygen atoms in total. The van der Waals surface area contributed by atoms with Crippen LogP contribution in [0.25, 0.3) is 0 Å². The Hall–Kier alpha value is -2.01. The van der Waals surface area contributed by atoms with Crippen molar-refractivity contribution in [2.75, 3.05) is 32.9 Å². The van der Waals surface area contributed by atoms with Crippen LogP contribution >= 0.6 is 0 Å². The Labute approximate surface area is 294 Å². The number of allylic oxidation sites excluding steroid dienone is 1. The molecule has 49 heavy (non-hydrogen) atoms. The molecular weight excluding hydrogens is 622 g/mol. The Bertz CT molecular complexity index is 1300. The molecule has 6 N–H and O–H groups in total. The third-order valence-electron chi connectivity index (χ3n) is 15.1. The van der Waals surface area contributed by atoms with Crippen molar-refractivity contribution in [3.8, 4) is 0 Å². The lowest BCUT2D eigenvalue weighted by Gasteiger charge is -2.71. The number of amides is 1. The number of carbonyl (C=O) groups excluding carboxylic acids is 2. The van der Waals surface area contributed by atoms with Crippen molar-refractivity contribution in [2.45, 2.75) is 125 Å². The molecule has 0 aromatic heterocycles. The summed E-state index contributed by atoms with van der Waals surface area (Å²) < 4.78 is 19.2. The molecule has 278 valence electrons. The zero-order valence-electron chi connectivity index (χ0n) is 31.4. The molecule has 1 unspecified atom stereocenters. The second-order valence-corrected chi connectivity index (χ2v) is 17.8. The van der Waals surface area contributed by atoms with Gasteiger partial charge in [0, 0.05) is 24.3 Å². The summed E-state index contributed by atoms with van der Waals surface area (Å²) in [6.45, 7) is 19.4. The Kier molecular flexibility index (Phi) is 10.8. The smallest absolute Gasteiger partial charge is 0.307 e. The van der Waals surface area contributed by atoms with Crippen LogP contribution in [0.1, 0.15) is 107 Å². The highest BCUT2D eigenvalue weighted by Crippen LogP contribution is 2.75. The highest BCUT2D eigenvalue weighted by atomic mass is 16.6. The molecule has 12 atom stereocenters. The van der Waals surface area contributed by atoms with Gasteiger partial charge in [0.25, 0.3) is 0 Å². The maximum absolute atomic E-state index is 13.4. The van der Waals surface area contributed by atoms with Crippen LogP contribution in [0.2, 0.25) is 0 Å². The second kappa shape index (κ2) is 13.8. The lowest BCUT2D eigenvalue weighted by molar-refractivity contribution is -0.266. The van der Waals surface area contributed by atoms with E-state index in [1.165, 1.54) is 12.5 Å². The maximum atomic E-state index is 13.4. The normalized spacial score (nSPS) is 42.5. The number of aliphatic carboxylic acids is 1. The lowest BCUT2D eigenvalue weighted by atomic mass is 9.34. The molecule has 1 saturated heterocycles. The lowest BCUT2D eigenvalue weighted by Crippen LogP contribution is -2.70. The van der Waals surface area contributed by atoms with Crippen molar-refractivity contribution in [2.24, 2.45) is 68.1 Å². The number of fused-ring (bicyclic) bond motifs is 3. The number of ether oxygens (including phenoxy) is 3. The van der Waals surface area contributed by atoms with Crippen LogP contribution in [-0.4, -0.2) is 74.1 Å². The van der Waals surface area contributed by atoms with Crippen LogP contribution in [0.5, 0.6) is 0 Å². The summed E-state index contributed by atoms with van der Waals surface area (Å²) in [6, 6.07) is -0.609. The Morgan fingerprint density at radius 3 is 2.43 bits per heavy atom. The number of nitrogens with two attached hydrogens (primary N) is 2. The molecule has 0 spiro atoms. The van der Waals surface area contributed by atoms with Gasteiger partial charge in [-0.05, 0) is 97.8 Å². The van der Waals surface area contributed by atoms with Gasteiger partial charge in [-0.25, -0.2) is 0 Å². The molecule has 5 aliphatic rings. The molecule has 3 saturated carbocycles. The molecule has 4 fully saturated rings. The fourth-order valence-corrected chi connectivity index (χ4v) is 12.2. The number of hydrogen-bond acceptors (Lipinski definition) is 8. The molecule has 1 heterocycles. The van der Waals surface area contributed by atoms with Crippen LogP contribution in [0.4, 0.5) is 0 Å². The minimum Gasteiger partial charge on any atom is -0.481 e. The van der Waals surface area contributed by atoms with Gasteiger partial charge >= 0.3 is 11.9 Å². The van der Waals surface area contributed by atoms with Gasteiger partial charge in [-0.15, -0.1) is 0 Å². The first-order valence-electron chi connectivity index (χ1n) is 19.0. The van der Waals surface area contributed by atoms with Gasteiger partial charge in [0.15, 0.2) is 0 Å². The van der Waals surface area contributed by atoms with Crippen LogP contribution in [0.15, 0.2) is 11.6 Å². The predicted octanol–water partition coefficient (Wildman–Crippen LogP) is 5.07. The summed E-state index contributed by atoms with van der Waals surface area (Å²) in [6.07, 6.45) is 7.92. The van der Waals surface area contributed by atoms with Crippen LogP contribution in [0.3, 0.4) is 0 Å². The van der Waals surface area contributed by atoms with E-state index in [1.54, 1.807) is 0 Å². The van der Waals surface area contributed by atoms with E-state index in [-0.39, 0.29) is 52.5 Å². The third-order valence-corrected chi connectivity index (χ3v) is 15.1. The summed E-state index contributed by atoms with van der Waals surface area (Å²) >= 11 is 0. The quantitative estimate of drug-likeness (QED) is 0.125. The number of nitrogens with one attached hydrogen (secondary N) is 1. The molecule has 0 aromatic carbocycles. The van der Waals surface area contributed by atoms with Gasteiger partial charge in [0.2, 0.25) is 5.91 Å². The third kappa shape index (κ3) is 6.08. The van der Waals surface area contributed by atoms with Crippen molar-refractivity contribution >= 4 is 17.8 Å². The molecule has 5 rings (SSSR count). The summed E-state index contributed by atoms with van der Waals surface area (Å²) in [5.74, 6) is -0.524.